The van der Waals surface area contributed by atoms with Crippen molar-refractivity contribution in [3.8, 4) is 5.75 Å². The van der Waals surface area contributed by atoms with Crippen LogP contribution in [0.3, 0.4) is 0 Å². The molecule has 1 fully saturated rings. The van der Waals surface area contributed by atoms with Crippen molar-refractivity contribution in [2.75, 3.05) is 12.0 Å². The van der Waals surface area contributed by atoms with E-state index in [1.54, 1.807) is 61.5 Å². The number of furan rings is 1. The number of aliphatic hydroxyl groups is 1. The maximum atomic E-state index is 13.0. The number of carbonyl (C=O) groups is 2. The van der Waals surface area contributed by atoms with Gasteiger partial charge in [-0.25, -0.2) is 0 Å². The van der Waals surface area contributed by atoms with E-state index in [-0.39, 0.29) is 11.3 Å². The van der Waals surface area contributed by atoms with E-state index in [1.165, 1.54) is 12.0 Å². The lowest BCUT2D eigenvalue weighted by Crippen LogP contribution is -2.29. The molecule has 1 aliphatic rings. The molecule has 152 valence electrons. The van der Waals surface area contributed by atoms with E-state index in [1.807, 2.05) is 6.07 Å². The van der Waals surface area contributed by atoms with Crippen LogP contribution < -0.4 is 9.64 Å². The van der Waals surface area contributed by atoms with Crippen molar-refractivity contribution in [1.29, 1.82) is 0 Å². The van der Waals surface area contributed by atoms with Gasteiger partial charge in [-0.1, -0.05) is 34.1 Å². The number of ether oxygens (including phenoxy) is 1. The number of ketones is 1. The van der Waals surface area contributed by atoms with E-state index in [4.69, 9.17) is 9.15 Å². The number of carbonyl (C=O) groups excluding carboxylic acids is 2. The van der Waals surface area contributed by atoms with Crippen LogP contribution in [-0.4, -0.2) is 23.9 Å². The smallest absolute Gasteiger partial charge is 0.300 e. The molecular weight excluding hydrogens is 450 g/mol. The van der Waals surface area contributed by atoms with Crippen LogP contribution in [0.2, 0.25) is 0 Å². The first-order valence-corrected chi connectivity index (χ1v) is 9.97. The van der Waals surface area contributed by atoms with E-state index >= 15 is 0 Å². The summed E-state index contributed by atoms with van der Waals surface area (Å²) in [5.41, 5.74) is 0.840. The molecule has 1 atom stereocenters. The third kappa shape index (κ3) is 3.41. The fourth-order valence-electron chi connectivity index (χ4n) is 3.52. The van der Waals surface area contributed by atoms with Gasteiger partial charge in [0, 0.05) is 15.7 Å². The van der Waals surface area contributed by atoms with Gasteiger partial charge in [0.05, 0.1) is 12.7 Å². The minimum atomic E-state index is -0.904. The van der Waals surface area contributed by atoms with E-state index < -0.39 is 17.7 Å². The molecule has 1 aromatic heterocycles. The van der Waals surface area contributed by atoms with Crippen LogP contribution in [0, 0.1) is 6.92 Å². The molecule has 0 bridgehead atoms. The Balaban J connectivity index is 1.94. The number of rotatable bonds is 4. The lowest BCUT2D eigenvalue weighted by Gasteiger charge is -2.23. The van der Waals surface area contributed by atoms with Crippen molar-refractivity contribution in [2.45, 2.75) is 13.0 Å². The number of nitrogens with zero attached hydrogens (tertiary/aromatic N) is 1. The Bertz CT molecular complexity index is 1180. The van der Waals surface area contributed by atoms with Gasteiger partial charge in [-0.3, -0.25) is 14.5 Å². The number of hydrogen-bond acceptors (Lipinski definition) is 5. The van der Waals surface area contributed by atoms with Crippen molar-refractivity contribution in [1.82, 2.24) is 0 Å². The number of benzene rings is 2. The highest BCUT2D eigenvalue weighted by Crippen LogP contribution is 2.43. The highest BCUT2D eigenvalue weighted by atomic mass is 79.9. The summed E-state index contributed by atoms with van der Waals surface area (Å²) in [5, 5.41) is 11.1. The molecule has 4 rings (SSSR count). The predicted molar refractivity (Wildman–Crippen MR) is 115 cm³/mol. The third-order valence-corrected chi connectivity index (χ3v) is 5.40. The molecule has 2 aromatic carbocycles. The monoisotopic (exact) mass is 467 g/mol. The average Bonchev–Trinajstić information content (AvgIpc) is 3.28. The Hall–Kier alpha value is -3.32. The molecule has 1 saturated heterocycles. The number of aryl methyl sites for hydroxylation is 1. The number of halogens is 1. The minimum Gasteiger partial charge on any atom is -0.507 e. The van der Waals surface area contributed by atoms with Crippen molar-refractivity contribution in [3.05, 3.63) is 87.8 Å². The zero-order valence-electron chi connectivity index (χ0n) is 16.3. The molecule has 0 aliphatic carbocycles. The molecule has 0 saturated carbocycles. The van der Waals surface area contributed by atoms with Gasteiger partial charge in [-0.15, -0.1) is 0 Å². The average molecular weight is 468 g/mol. The standard InChI is InChI=1S/C23H18BrNO5/c1-13-9-10-18(30-13)20-19(21(26)14-5-3-8-17(11-14)29-2)22(27)23(28)25(20)16-7-4-6-15(24)12-16/h3-12,20,26H,1-2H3/b21-19-. The van der Waals surface area contributed by atoms with Crippen LogP contribution in [0.25, 0.3) is 5.76 Å². The molecular formula is C23H18BrNO5. The van der Waals surface area contributed by atoms with E-state index in [0.717, 1.165) is 4.47 Å². The maximum absolute atomic E-state index is 13.0. The molecule has 1 N–H and O–H groups in total. The Labute approximate surface area is 181 Å². The lowest BCUT2D eigenvalue weighted by molar-refractivity contribution is -0.132. The Morgan fingerprint density at radius 1 is 1.10 bits per heavy atom. The fourth-order valence-corrected chi connectivity index (χ4v) is 3.91. The zero-order chi connectivity index (χ0) is 21.4. The summed E-state index contributed by atoms with van der Waals surface area (Å²) in [6.07, 6.45) is 0. The second kappa shape index (κ2) is 7.84. The first-order valence-electron chi connectivity index (χ1n) is 9.18. The molecule has 7 heteroatoms. The van der Waals surface area contributed by atoms with Gasteiger partial charge < -0.3 is 14.3 Å². The second-order valence-electron chi connectivity index (χ2n) is 6.83. The van der Waals surface area contributed by atoms with Crippen LogP contribution in [0.5, 0.6) is 5.75 Å². The molecule has 30 heavy (non-hydrogen) atoms. The highest BCUT2D eigenvalue weighted by Gasteiger charge is 2.48. The van der Waals surface area contributed by atoms with Gasteiger partial charge in [0.2, 0.25) is 0 Å². The summed E-state index contributed by atoms with van der Waals surface area (Å²) in [5.74, 6) is -0.275. The third-order valence-electron chi connectivity index (χ3n) is 4.90. The zero-order valence-corrected chi connectivity index (χ0v) is 17.8. The van der Waals surface area contributed by atoms with Crippen LogP contribution in [0.15, 0.2) is 75.1 Å². The van der Waals surface area contributed by atoms with Crippen LogP contribution in [-0.2, 0) is 9.59 Å². The summed E-state index contributed by atoms with van der Waals surface area (Å²) in [6, 6.07) is 16.3. The van der Waals surface area contributed by atoms with E-state index in [9.17, 15) is 14.7 Å². The van der Waals surface area contributed by atoms with Crippen LogP contribution in [0.4, 0.5) is 5.69 Å². The van der Waals surface area contributed by atoms with Gasteiger partial charge in [-0.2, -0.15) is 0 Å². The van der Waals surface area contributed by atoms with E-state index in [0.29, 0.717) is 28.5 Å². The first kappa shape index (κ1) is 20.0. The largest absolute Gasteiger partial charge is 0.507 e. The summed E-state index contributed by atoms with van der Waals surface area (Å²) >= 11 is 3.40. The number of methoxy groups -OCH3 is 1. The summed E-state index contributed by atoms with van der Waals surface area (Å²) < 4.78 is 11.7. The summed E-state index contributed by atoms with van der Waals surface area (Å²) in [7, 11) is 1.51. The molecule has 6 nitrogen and oxygen atoms in total. The highest BCUT2D eigenvalue weighted by molar-refractivity contribution is 9.10. The second-order valence-corrected chi connectivity index (χ2v) is 7.75. The Morgan fingerprint density at radius 2 is 1.87 bits per heavy atom. The van der Waals surface area contributed by atoms with Gasteiger partial charge >= 0.3 is 0 Å². The summed E-state index contributed by atoms with van der Waals surface area (Å²) in [6.45, 7) is 1.77. The number of hydrogen-bond donors (Lipinski definition) is 1. The lowest BCUT2D eigenvalue weighted by atomic mass is 9.99. The molecule has 0 radical (unpaired) electrons. The van der Waals surface area contributed by atoms with Gasteiger partial charge in [0.15, 0.2) is 0 Å². The predicted octanol–water partition coefficient (Wildman–Crippen LogP) is 4.99. The quantitative estimate of drug-likeness (QED) is 0.332. The van der Waals surface area contributed by atoms with E-state index in [2.05, 4.69) is 15.9 Å². The van der Waals surface area contributed by atoms with Crippen molar-refractivity contribution in [2.24, 2.45) is 0 Å². The number of aliphatic hydroxyl groups excluding tert-OH is 1. The van der Waals surface area contributed by atoms with Crippen molar-refractivity contribution < 1.29 is 23.8 Å². The first-order chi connectivity index (χ1) is 14.4. The molecule has 1 aliphatic heterocycles. The van der Waals surface area contributed by atoms with Crippen molar-refractivity contribution >= 4 is 39.1 Å². The number of amides is 1. The van der Waals surface area contributed by atoms with Gasteiger partial charge in [0.25, 0.3) is 11.7 Å². The molecule has 3 aromatic rings. The topological polar surface area (TPSA) is 80.0 Å². The van der Waals surface area contributed by atoms with Gasteiger partial charge in [0.1, 0.15) is 29.1 Å². The van der Waals surface area contributed by atoms with Crippen molar-refractivity contribution in [3.63, 3.8) is 0 Å². The molecule has 2 heterocycles. The minimum absolute atomic E-state index is 0.0393. The summed E-state index contributed by atoms with van der Waals surface area (Å²) in [4.78, 5) is 27.4. The molecule has 0 spiro atoms. The molecule has 1 amide bonds. The van der Waals surface area contributed by atoms with Crippen LogP contribution >= 0.6 is 15.9 Å². The number of anilines is 1. The number of Topliss-reactive ketones (excluding diaryl/α,β-unsaturated/α-hetero) is 1. The Morgan fingerprint density at radius 3 is 2.53 bits per heavy atom. The SMILES string of the molecule is COc1cccc(/C(O)=C2/C(=O)C(=O)N(c3cccc(Br)c3)C2c2ccc(C)o2)c1. The normalized spacial score (nSPS) is 18.1. The van der Waals surface area contributed by atoms with Crippen LogP contribution in [0.1, 0.15) is 23.1 Å². The Kier molecular flexibility index (Phi) is 5.22. The molecule has 1 unspecified atom stereocenters. The fraction of sp³-hybridized carbons (Fsp3) is 0.130. The van der Waals surface area contributed by atoms with Gasteiger partial charge in [-0.05, 0) is 49.4 Å². The maximum Gasteiger partial charge on any atom is 0.300 e.